The summed E-state index contributed by atoms with van der Waals surface area (Å²) in [7, 11) is 0. The maximum atomic E-state index is 12.2. The summed E-state index contributed by atoms with van der Waals surface area (Å²) in [5.74, 6) is 0. The fourth-order valence-corrected chi connectivity index (χ4v) is 1.88. The molecule has 98 valence electrons. The van der Waals surface area contributed by atoms with Crippen molar-refractivity contribution in [1.29, 1.82) is 0 Å². The van der Waals surface area contributed by atoms with Crippen LogP contribution in [-0.4, -0.2) is 41.1 Å². The molecule has 2 rings (SSSR count). The van der Waals surface area contributed by atoms with Gasteiger partial charge in [0.15, 0.2) is 0 Å². The lowest BCUT2D eigenvalue weighted by molar-refractivity contribution is 0.143. The SMILES string of the molecule is CC(C)NC(=O)N(Cc1ccncc1)C1CNC1. The van der Waals surface area contributed by atoms with Gasteiger partial charge in [0.1, 0.15) is 0 Å². The van der Waals surface area contributed by atoms with Crippen molar-refractivity contribution < 1.29 is 4.79 Å². The highest BCUT2D eigenvalue weighted by molar-refractivity contribution is 5.75. The Morgan fingerprint density at radius 3 is 2.67 bits per heavy atom. The van der Waals surface area contributed by atoms with Gasteiger partial charge in [-0.25, -0.2) is 4.79 Å². The van der Waals surface area contributed by atoms with Gasteiger partial charge >= 0.3 is 6.03 Å². The molecule has 2 heterocycles. The van der Waals surface area contributed by atoms with Gasteiger partial charge in [-0.2, -0.15) is 0 Å². The molecule has 0 saturated carbocycles. The number of urea groups is 1. The van der Waals surface area contributed by atoms with Gasteiger partial charge < -0.3 is 15.5 Å². The molecule has 1 fully saturated rings. The number of hydrogen-bond acceptors (Lipinski definition) is 3. The molecule has 0 atom stereocenters. The second kappa shape index (κ2) is 5.82. The van der Waals surface area contributed by atoms with E-state index in [1.165, 1.54) is 0 Å². The normalized spacial score (nSPS) is 15.3. The molecule has 0 aliphatic carbocycles. The van der Waals surface area contributed by atoms with Crippen LogP contribution in [0, 0.1) is 0 Å². The van der Waals surface area contributed by atoms with Crippen LogP contribution in [-0.2, 0) is 6.54 Å². The van der Waals surface area contributed by atoms with Crippen LogP contribution in [0.1, 0.15) is 19.4 Å². The minimum Gasteiger partial charge on any atom is -0.336 e. The van der Waals surface area contributed by atoms with Crippen molar-refractivity contribution in [2.24, 2.45) is 0 Å². The summed E-state index contributed by atoms with van der Waals surface area (Å²) < 4.78 is 0. The number of rotatable bonds is 4. The smallest absolute Gasteiger partial charge is 0.318 e. The lowest BCUT2D eigenvalue weighted by Gasteiger charge is -2.38. The molecule has 0 unspecified atom stereocenters. The number of pyridine rings is 1. The first-order valence-electron chi connectivity index (χ1n) is 6.33. The first-order valence-corrected chi connectivity index (χ1v) is 6.33. The van der Waals surface area contributed by atoms with Crippen LogP contribution in [0.3, 0.4) is 0 Å². The van der Waals surface area contributed by atoms with Crippen LogP contribution in [0.5, 0.6) is 0 Å². The van der Waals surface area contributed by atoms with E-state index in [1.54, 1.807) is 12.4 Å². The van der Waals surface area contributed by atoms with E-state index in [9.17, 15) is 4.79 Å². The van der Waals surface area contributed by atoms with Gasteiger partial charge in [-0.3, -0.25) is 4.98 Å². The highest BCUT2D eigenvalue weighted by Crippen LogP contribution is 2.11. The Labute approximate surface area is 108 Å². The Kier molecular flexibility index (Phi) is 4.15. The van der Waals surface area contributed by atoms with Crippen molar-refractivity contribution in [3.8, 4) is 0 Å². The van der Waals surface area contributed by atoms with Crippen LogP contribution in [0.4, 0.5) is 4.79 Å². The summed E-state index contributed by atoms with van der Waals surface area (Å²) in [6.45, 7) is 6.32. The second-order valence-corrected chi connectivity index (χ2v) is 4.90. The highest BCUT2D eigenvalue weighted by atomic mass is 16.2. The van der Waals surface area contributed by atoms with E-state index in [1.807, 2.05) is 30.9 Å². The number of carbonyl (C=O) groups is 1. The van der Waals surface area contributed by atoms with Gasteiger partial charge in [0.2, 0.25) is 0 Å². The zero-order valence-corrected chi connectivity index (χ0v) is 10.9. The number of aromatic nitrogens is 1. The van der Waals surface area contributed by atoms with E-state index in [4.69, 9.17) is 0 Å². The average Bonchev–Trinajstić information content (AvgIpc) is 2.26. The first-order chi connectivity index (χ1) is 8.66. The lowest BCUT2D eigenvalue weighted by Crippen LogP contribution is -2.60. The molecule has 1 saturated heterocycles. The summed E-state index contributed by atoms with van der Waals surface area (Å²) in [6.07, 6.45) is 3.51. The predicted octanol–water partition coefficient (Wildman–Crippen LogP) is 0.973. The lowest BCUT2D eigenvalue weighted by atomic mass is 10.1. The Balaban J connectivity index is 2.03. The zero-order chi connectivity index (χ0) is 13.0. The van der Waals surface area contributed by atoms with Gasteiger partial charge in [0.25, 0.3) is 0 Å². The Bertz CT molecular complexity index is 389. The number of carbonyl (C=O) groups excluding carboxylic acids is 1. The standard InChI is InChI=1S/C13H20N4O/c1-10(2)16-13(18)17(12-7-15-8-12)9-11-3-5-14-6-4-11/h3-6,10,12,15H,7-9H2,1-2H3,(H,16,18). The monoisotopic (exact) mass is 248 g/mol. The van der Waals surface area contributed by atoms with Crippen LogP contribution < -0.4 is 10.6 Å². The van der Waals surface area contributed by atoms with Crippen LogP contribution >= 0.6 is 0 Å². The maximum Gasteiger partial charge on any atom is 0.318 e. The molecule has 0 aromatic carbocycles. The third-order valence-electron chi connectivity index (χ3n) is 2.98. The van der Waals surface area contributed by atoms with Gasteiger partial charge in [0, 0.05) is 38.1 Å². The summed E-state index contributed by atoms with van der Waals surface area (Å²) in [4.78, 5) is 18.1. The van der Waals surface area contributed by atoms with E-state index in [-0.39, 0.29) is 18.1 Å². The predicted molar refractivity (Wildman–Crippen MR) is 70.1 cm³/mol. The maximum absolute atomic E-state index is 12.2. The van der Waals surface area contributed by atoms with Crippen molar-refractivity contribution in [2.45, 2.75) is 32.5 Å². The van der Waals surface area contributed by atoms with Crippen LogP contribution in [0.2, 0.25) is 0 Å². The molecule has 2 amide bonds. The Morgan fingerprint density at radius 2 is 2.17 bits per heavy atom. The summed E-state index contributed by atoms with van der Waals surface area (Å²) in [5.41, 5.74) is 1.11. The highest BCUT2D eigenvalue weighted by Gasteiger charge is 2.28. The molecule has 18 heavy (non-hydrogen) atoms. The van der Waals surface area contributed by atoms with Gasteiger partial charge in [0.05, 0.1) is 6.04 Å². The minimum atomic E-state index is 0.00770. The van der Waals surface area contributed by atoms with Gasteiger partial charge in [-0.1, -0.05) is 0 Å². The third-order valence-corrected chi connectivity index (χ3v) is 2.98. The number of hydrogen-bond donors (Lipinski definition) is 2. The number of nitrogens with one attached hydrogen (secondary N) is 2. The van der Waals surface area contributed by atoms with Crippen LogP contribution in [0.15, 0.2) is 24.5 Å². The average molecular weight is 248 g/mol. The zero-order valence-electron chi connectivity index (χ0n) is 10.9. The van der Waals surface area contributed by atoms with E-state index < -0.39 is 0 Å². The van der Waals surface area contributed by atoms with Gasteiger partial charge in [-0.15, -0.1) is 0 Å². The van der Waals surface area contributed by atoms with Crippen molar-refractivity contribution >= 4 is 6.03 Å². The molecule has 0 bridgehead atoms. The second-order valence-electron chi connectivity index (χ2n) is 4.90. The third kappa shape index (κ3) is 3.20. The molecule has 0 radical (unpaired) electrons. The van der Waals surface area contributed by atoms with E-state index >= 15 is 0 Å². The first kappa shape index (κ1) is 12.8. The Morgan fingerprint density at radius 1 is 1.50 bits per heavy atom. The van der Waals surface area contributed by atoms with Crippen molar-refractivity contribution in [2.75, 3.05) is 13.1 Å². The molecule has 2 N–H and O–H groups in total. The largest absolute Gasteiger partial charge is 0.336 e. The minimum absolute atomic E-state index is 0.00770. The summed E-state index contributed by atoms with van der Waals surface area (Å²) >= 11 is 0. The number of amides is 2. The van der Waals surface area contributed by atoms with E-state index in [0.29, 0.717) is 6.54 Å². The van der Waals surface area contributed by atoms with Crippen LogP contribution in [0.25, 0.3) is 0 Å². The quantitative estimate of drug-likeness (QED) is 0.835. The topological polar surface area (TPSA) is 57.3 Å². The molecule has 1 aromatic heterocycles. The van der Waals surface area contributed by atoms with E-state index in [0.717, 1.165) is 18.7 Å². The molecule has 1 aliphatic rings. The van der Waals surface area contributed by atoms with E-state index in [2.05, 4.69) is 15.6 Å². The number of nitrogens with zero attached hydrogens (tertiary/aromatic N) is 2. The van der Waals surface area contributed by atoms with Crippen molar-refractivity contribution in [3.63, 3.8) is 0 Å². The van der Waals surface area contributed by atoms with Gasteiger partial charge in [-0.05, 0) is 31.5 Å². The fraction of sp³-hybridized carbons (Fsp3) is 0.538. The molecule has 5 heteroatoms. The summed E-state index contributed by atoms with van der Waals surface area (Å²) in [5, 5.41) is 6.16. The molecular weight excluding hydrogens is 228 g/mol. The molecule has 1 aromatic rings. The molecule has 0 spiro atoms. The fourth-order valence-electron chi connectivity index (χ4n) is 1.88. The van der Waals surface area contributed by atoms with Crippen molar-refractivity contribution in [3.05, 3.63) is 30.1 Å². The molecule has 5 nitrogen and oxygen atoms in total. The molecular formula is C13H20N4O. The Hall–Kier alpha value is -1.62. The molecule has 1 aliphatic heterocycles. The summed E-state index contributed by atoms with van der Waals surface area (Å²) in [6, 6.07) is 4.35. The van der Waals surface area contributed by atoms with Crippen molar-refractivity contribution in [1.82, 2.24) is 20.5 Å².